The number of rotatable bonds is 7. The van der Waals surface area contributed by atoms with Crippen molar-refractivity contribution in [3.63, 3.8) is 0 Å². The fourth-order valence-electron chi connectivity index (χ4n) is 1.47. The smallest absolute Gasteiger partial charge is 0.222 e. The lowest BCUT2D eigenvalue weighted by molar-refractivity contribution is -0.133. The largest absolute Gasteiger partial charge is 0.340 e. The molecule has 0 aliphatic rings. The summed E-state index contributed by atoms with van der Waals surface area (Å²) in [5, 5.41) is 0. The summed E-state index contributed by atoms with van der Waals surface area (Å²) in [6.07, 6.45) is 4.51. The van der Waals surface area contributed by atoms with Gasteiger partial charge in [0.25, 0.3) is 0 Å². The zero-order valence-corrected chi connectivity index (χ0v) is 9.88. The second-order valence-corrected chi connectivity index (χ2v) is 3.80. The molecule has 0 aromatic heterocycles. The van der Waals surface area contributed by atoms with Crippen molar-refractivity contribution in [3.05, 3.63) is 6.92 Å². The van der Waals surface area contributed by atoms with E-state index in [0.717, 1.165) is 32.2 Å². The summed E-state index contributed by atoms with van der Waals surface area (Å²) in [4.78, 5) is 13.8. The van der Waals surface area contributed by atoms with E-state index in [4.69, 9.17) is 0 Å². The zero-order valence-electron chi connectivity index (χ0n) is 9.88. The van der Waals surface area contributed by atoms with E-state index >= 15 is 0 Å². The first-order valence-electron chi connectivity index (χ1n) is 5.76. The number of amides is 1. The van der Waals surface area contributed by atoms with Crippen molar-refractivity contribution in [1.29, 1.82) is 0 Å². The van der Waals surface area contributed by atoms with Gasteiger partial charge in [-0.1, -0.05) is 27.2 Å². The van der Waals surface area contributed by atoms with E-state index in [1.165, 1.54) is 0 Å². The van der Waals surface area contributed by atoms with Crippen LogP contribution < -0.4 is 0 Å². The molecule has 2 nitrogen and oxygen atoms in total. The Morgan fingerprint density at radius 1 is 1.43 bits per heavy atom. The van der Waals surface area contributed by atoms with Gasteiger partial charge in [-0.2, -0.15) is 0 Å². The Hall–Kier alpha value is -0.530. The predicted octanol–water partition coefficient (Wildman–Crippen LogP) is 3.03. The Labute approximate surface area is 88.7 Å². The number of carbonyl (C=O) groups excluding carboxylic acids is 1. The van der Waals surface area contributed by atoms with Crippen LogP contribution in [0.25, 0.3) is 0 Å². The molecule has 0 saturated heterocycles. The van der Waals surface area contributed by atoms with Crippen LogP contribution in [-0.4, -0.2) is 23.4 Å². The molecule has 1 unspecified atom stereocenters. The molecule has 0 saturated carbocycles. The molecule has 0 aliphatic carbocycles. The van der Waals surface area contributed by atoms with Crippen molar-refractivity contribution in [1.82, 2.24) is 4.90 Å². The minimum Gasteiger partial charge on any atom is -0.340 e. The van der Waals surface area contributed by atoms with Crippen LogP contribution in [-0.2, 0) is 4.79 Å². The van der Waals surface area contributed by atoms with Crippen molar-refractivity contribution >= 4 is 5.91 Å². The Kier molecular flexibility index (Phi) is 7.54. The van der Waals surface area contributed by atoms with Gasteiger partial charge >= 0.3 is 0 Å². The van der Waals surface area contributed by atoms with Crippen LogP contribution in [0.5, 0.6) is 0 Å². The Morgan fingerprint density at radius 3 is 2.50 bits per heavy atom. The van der Waals surface area contributed by atoms with Crippen molar-refractivity contribution in [2.45, 2.75) is 58.9 Å². The SMILES string of the molecule is [CH2]CCCC(=O)N(CCC)C(C)CC. The molecule has 0 fully saturated rings. The van der Waals surface area contributed by atoms with Gasteiger partial charge in [-0.05, 0) is 26.2 Å². The van der Waals surface area contributed by atoms with Crippen molar-refractivity contribution < 1.29 is 4.79 Å². The van der Waals surface area contributed by atoms with Crippen LogP contribution in [0.15, 0.2) is 0 Å². The molecule has 0 aromatic carbocycles. The van der Waals surface area contributed by atoms with Gasteiger partial charge in [0.2, 0.25) is 5.91 Å². The average Bonchev–Trinajstić information content (AvgIpc) is 2.21. The maximum Gasteiger partial charge on any atom is 0.222 e. The summed E-state index contributed by atoms with van der Waals surface area (Å²) in [5.74, 6) is 0.296. The van der Waals surface area contributed by atoms with Gasteiger partial charge in [-0.3, -0.25) is 4.79 Å². The van der Waals surface area contributed by atoms with Gasteiger partial charge < -0.3 is 4.90 Å². The maximum atomic E-state index is 11.8. The molecule has 14 heavy (non-hydrogen) atoms. The molecule has 0 N–H and O–H groups in total. The third-order valence-electron chi connectivity index (χ3n) is 2.55. The fourth-order valence-corrected chi connectivity index (χ4v) is 1.47. The van der Waals surface area contributed by atoms with Crippen LogP contribution in [0, 0.1) is 6.92 Å². The van der Waals surface area contributed by atoms with E-state index in [1.807, 2.05) is 4.90 Å². The lowest BCUT2D eigenvalue weighted by Gasteiger charge is -2.28. The van der Waals surface area contributed by atoms with E-state index in [-0.39, 0.29) is 0 Å². The number of carbonyl (C=O) groups is 1. The van der Waals surface area contributed by atoms with Crippen molar-refractivity contribution in [2.24, 2.45) is 0 Å². The lowest BCUT2D eigenvalue weighted by atomic mass is 10.1. The summed E-state index contributed by atoms with van der Waals surface area (Å²) in [5.41, 5.74) is 0. The zero-order chi connectivity index (χ0) is 11.0. The number of hydrogen-bond acceptors (Lipinski definition) is 1. The van der Waals surface area contributed by atoms with Gasteiger partial charge in [-0.25, -0.2) is 0 Å². The van der Waals surface area contributed by atoms with Gasteiger partial charge in [-0.15, -0.1) is 0 Å². The lowest BCUT2D eigenvalue weighted by Crippen LogP contribution is -2.38. The Bertz CT molecular complexity index is 156. The quantitative estimate of drug-likeness (QED) is 0.615. The van der Waals surface area contributed by atoms with Crippen molar-refractivity contribution in [2.75, 3.05) is 6.54 Å². The standard InChI is InChI=1S/C12H24NO/c1-5-8-9-12(14)13(10-6-2)11(4)7-3/h11H,1,5-10H2,2-4H3. The summed E-state index contributed by atoms with van der Waals surface area (Å²) >= 11 is 0. The molecule has 0 rings (SSSR count). The van der Waals surface area contributed by atoms with E-state index in [0.29, 0.717) is 18.4 Å². The summed E-state index contributed by atoms with van der Waals surface area (Å²) in [6, 6.07) is 0.382. The van der Waals surface area contributed by atoms with E-state index in [9.17, 15) is 4.79 Å². The van der Waals surface area contributed by atoms with E-state index in [2.05, 4.69) is 27.7 Å². The molecule has 0 aromatic rings. The normalized spacial score (nSPS) is 12.6. The first-order valence-corrected chi connectivity index (χ1v) is 5.76. The molecule has 83 valence electrons. The van der Waals surface area contributed by atoms with Gasteiger partial charge in [0, 0.05) is 19.0 Å². The summed E-state index contributed by atoms with van der Waals surface area (Å²) in [6.45, 7) is 11.0. The highest BCUT2D eigenvalue weighted by Crippen LogP contribution is 2.08. The van der Waals surface area contributed by atoms with E-state index in [1.54, 1.807) is 0 Å². The summed E-state index contributed by atoms with van der Waals surface area (Å²) < 4.78 is 0. The van der Waals surface area contributed by atoms with Gasteiger partial charge in [0.05, 0.1) is 0 Å². The molecule has 0 spiro atoms. The van der Waals surface area contributed by atoms with Crippen LogP contribution in [0.3, 0.4) is 0 Å². The maximum absolute atomic E-state index is 11.8. The minimum absolute atomic E-state index is 0.296. The Balaban J connectivity index is 4.10. The van der Waals surface area contributed by atoms with Gasteiger partial charge in [0.15, 0.2) is 0 Å². The molecule has 2 heteroatoms. The third-order valence-corrected chi connectivity index (χ3v) is 2.55. The van der Waals surface area contributed by atoms with Gasteiger partial charge in [0.1, 0.15) is 0 Å². The first kappa shape index (κ1) is 13.5. The predicted molar refractivity (Wildman–Crippen MR) is 61.0 cm³/mol. The molecular formula is C12H24NO. The highest BCUT2D eigenvalue weighted by Gasteiger charge is 2.16. The minimum atomic E-state index is 0.296. The van der Waals surface area contributed by atoms with Crippen molar-refractivity contribution in [3.8, 4) is 0 Å². The first-order chi connectivity index (χ1) is 6.67. The fraction of sp³-hybridized carbons (Fsp3) is 0.833. The highest BCUT2D eigenvalue weighted by molar-refractivity contribution is 5.76. The number of unbranched alkanes of at least 4 members (excludes halogenated alkanes) is 1. The second kappa shape index (κ2) is 7.84. The third kappa shape index (κ3) is 4.64. The average molecular weight is 198 g/mol. The van der Waals surface area contributed by atoms with Crippen LogP contribution >= 0.6 is 0 Å². The number of hydrogen-bond donors (Lipinski definition) is 0. The Morgan fingerprint density at radius 2 is 2.07 bits per heavy atom. The monoisotopic (exact) mass is 198 g/mol. The highest BCUT2D eigenvalue weighted by atomic mass is 16.2. The molecule has 0 bridgehead atoms. The molecule has 1 amide bonds. The second-order valence-electron chi connectivity index (χ2n) is 3.80. The van der Waals surface area contributed by atoms with Crippen LogP contribution in [0.2, 0.25) is 0 Å². The molecule has 1 radical (unpaired) electrons. The van der Waals surface area contributed by atoms with Crippen LogP contribution in [0.1, 0.15) is 52.9 Å². The van der Waals surface area contributed by atoms with E-state index < -0.39 is 0 Å². The van der Waals surface area contributed by atoms with Crippen LogP contribution in [0.4, 0.5) is 0 Å². The molecular weight excluding hydrogens is 174 g/mol. The molecule has 0 aliphatic heterocycles. The molecule has 1 atom stereocenters. The number of nitrogens with zero attached hydrogens (tertiary/aromatic N) is 1. The molecule has 0 heterocycles. The summed E-state index contributed by atoms with van der Waals surface area (Å²) in [7, 11) is 0. The topological polar surface area (TPSA) is 20.3 Å².